The van der Waals surface area contributed by atoms with Crippen LogP contribution in [-0.2, 0) is 4.74 Å². The molecule has 3 heteroatoms. The molecule has 0 aliphatic carbocycles. The third kappa shape index (κ3) is 9.80. The lowest BCUT2D eigenvalue weighted by atomic mass is 10.4. The Kier molecular flexibility index (Phi) is 9.87. The van der Waals surface area contributed by atoms with E-state index in [1.807, 2.05) is 0 Å². The molecule has 0 radical (unpaired) electrons. The van der Waals surface area contributed by atoms with E-state index in [-0.39, 0.29) is 0 Å². The van der Waals surface area contributed by atoms with Gasteiger partial charge in [0.1, 0.15) is 0 Å². The topological polar surface area (TPSA) is 38.5 Å². The van der Waals surface area contributed by atoms with E-state index in [1.165, 1.54) is 12.8 Å². The molecular weight excluding hydrogens is 164 g/mol. The van der Waals surface area contributed by atoms with Crippen LogP contribution in [0.5, 0.6) is 0 Å². The zero-order valence-corrected chi connectivity index (χ0v) is 9.09. The number of rotatable bonds is 9. The van der Waals surface area contributed by atoms with Gasteiger partial charge in [0.15, 0.2) is 0 Å². The van der Waals surface area contributed by atoms with Crippen LogP contribution in [0.15, 0.2) is 0 Å². The maximum Gasteiger partial charge on any atom is 0.0593 e. The fourth-order valence-corrected chi connectivity index (χ4v) is 1.04. The molecule has 0 heterocycles. The van der Waals surface area contributed by atoms with Crippen LogP contribution in [0.25, 0.3) is 0 Å². The predicted molar refractivity (Wildman–Crippen MR) is 56.9 cm³/mol. The highest BCUT2D eigenvalue weighted by Gasteiger charge is 1.96. The van der Waals surface area contributed by atoms with Crippen LogP contribution in [0.2, 0.25) is 0 Å². The first-order valence-electron chi connectivity index (χ1n) is 5.27. The Hall–Kier alpha value is -0.120. The fraction of sp³-hybridized carbons (Fsp3) is 1.00. The van der Waals surface area contributed by atoms with Gasteiger partial charge in [-0.15, -0.1) is 0 Å². The summed E-state index contributed by atoms with van der Waals surface area (Å²) < 4.78 is 5.45. The van der Waals surface area contributed by atoms with Crippen molar-refractivity contribution in [2.24, 2.45) is 5.73 Å². The SMILES string of the molecule is CCCCOCCN(C)CCCN. The zero-order valence-electron chi connectivity index (χ0n) is 9.09. The average molecular weight is 188 g/mol. The minimum atomic E-state index is 0.779. The molecule has 13 heavy (non-hydrogen) atoms. The van der Waals surface area contributed by atoms with Gasteiger partial charge < -0.3 is 15.4 Å². The minimum Gasteiger partial charge on any atom is -0.380 e. The van der Waals surface area contributed by atoms with Crippen LogP contribution < -0.4 is 5.73 Å². The summed E-state index contributed by atoms with van der Waals surface area (Å²) in [6.45, 7) is 6.80. The Morgan fingerprint density at radius 3 is 2.54 bits per heavy atom. The van der Waals surface area contributed by atoms with E-state index in [4.69, 9.17) is 10.5 Å². The lowest BCUT2D eigenvalue weighted by molar-refractivity contribution is 0.109. The van der Waals surface area contributed by atoms with Crippen molar-refractivity contribution in [1.82, 2.24) is 4.90 Å². The normalized spacial score (nSPS) is 11.1. The zero-order chi connectivity index (χ0) is 9.94. The van der Waals surface area contributed by atoms with Crippen LogP contribution in [0.3, 0.4) is 0 Å². The molecule has 0 aromatic heterocycles. The van der Waals surface area contributed by atoms with Gasteiger partial charge in [-0.05, 0) is 33.0 Å². The summed E-state index contributed by atoms with van der Waals surface area (Å²) >= 11 is 0. The van der Waals surface area contributed by atoms with Gasteiger partial charge in [0.25, 0.3) is 0 Å². The van der Waals surface area contributed by atoms with Crippen molar-refractivity contribution in [3.63, 3.8) is 0 Å². The molecule has 0 rings (SSSR count). The number of likely N-dealkylation sites (N-methyl/N-ethyl adjacent to an activating group) is 1. The molecule has 0 saturated heterocycles. The summed E-state index contributed by atoms with van der Waals surface area (Å²) in [4.78, 5) is 2.26. The smallest absolute Gasteiger partial charge is 0.0593 e. The van der Waals surface area contributed by atoms with Gasteiger partial charge in [-0.1, -0.05) is 13.3 Å². The fourth-order valence-electron chi connectivity index (χ4n) is 1.04. The average Bonchev–Trinajstić information content (AvgIpc) is 2.14. The Bertz CT molecular complexity index is 98.9. The van der Waals surface area contributed by atoms with Gasteiger partial charge in [-0.3, -0.25) is 0 Å². The second-order valence-electron chi connectivity index (χ2n) is 3.41. The second-order valence-corrected chi connectivity index (χ2v) is 3.41. The van der Waals surface area contributed by atoms with E-state index in [2.05, 4.69) is 18.9 Å². The molecule has 0 aromatic carbocycles. The summed E-state index contributed by atoms with van der Waals surface area (Å²) in [6, 6.07) is 0. The van der Waals surface area contributed by atoms with Crippen molar-refractivity contribution >= 4 is 0 Å². The van der Waals surface area contributed by atoms with Crippen molar-refractivity contribution in [2.45, 2.75) is 26.2 Å². The van der Waals surface area contributed by atoms with Crippen LogP contribution in [-0.4, -0.2) is 44.8 Å². The largest absolute Gasteiger partial charge is 0.380 e. The number of unbranched alkanes of at least 4 members (excludes halogenated alkanes) is 1. The Labute approximate surface area is 82.2 Å². The van der Waals surface area contributed by atoms with Crippen molar-refractivity contribution in [3.8, 4) is 0 Å². The molecule has 0 spiro atoms. The van der Waals surface area contributed by atoms with E-state index < -0.39 is 0 Å². The van der Waals surface area contributed by atoms with Gasteiger partial charge in [-0.25, -0.2) is 0 Å². The highest BCUT2D eigenvalue weighted by molar-refractivity contribution is 4.50. The molecule has 0 atom stereocenters. The third-order valence-electron chi connectivity index (χ3n) is 2.00. The molecule has 0 amide bonds. The van der Waals surface area contributed by atoms with E-state index in [0.717, 1.165) is 39.3 Å². The monoisotopic (exact) mass is 188 g/mol. The van der Waals surface area contributed by atoms with Gasteiger partial charge in [-0.2, -0.15) is 0 Å². The Balaban J connectivity index is 3.03. The predicted octanol–water partition coefficient (Wildman–Crippen LogP) is 1.08. The van der Waals surface area contributed by atoms with Gasteiger partial charge >= 0.3 is 0 Å². The summed E-state index contributed by atoms with van der Waals surface area (Å²) in [6.07, 6.45) is 3.46. The van der Waals surface area contributed by atoms with E-state index >= 15 is 0 Å². The molecule has 0 aromatic rings. The number of hydrogen-bond acceptors (Lipinski definition) is 3. The summed E-state index contributed by atoms with van der Waals surface area (Å²) in [5.41, 5.74) is 5.41. The molecular formula is C10H24N2O. The molecule has 0 fully saturated rings. The molecule has 0 unspecified atom stereocenters. The first-order chi connectivity index (χ1) is 6.31. The number of nitrogens with zero attached hydrogens (tertiary/aromatic N) is 1. The van der Waals surface area contributed by atoms with E-state index in [1.54, 1.807) is 0 Å². The van der Waals surface area contributed by atoms with Crippen LogP contribution >= 0.6 is 0 Å². The third-order valence-corrected chi connectivity index (χ3v) is 2.00. The van der Waals surface area contributed by atoms with Crippen molar-refractivity contribution in [3.05, 3.63) is 0 Å². The van der Waals surface area contributed by atoms with Crippen LogP contribution in [0, 0.1) is 0 Å². The highest BCUT2D eigenvalue weighted by atomic mass is 16.5. The maximum atomic E-state index is 5.45. The first kappa shape index (κ1) is 12.9. The van der Waals surface area contributed by atoms with Crippen molar-refractivity contribution in [1.29, 1.82) is 0 Å². The quantitative estimate of drug-likeness (QED) is 0.550. The molecule has 0 aliphatic rings. The Morgan fingerprint density at radius 2 is 1.92 bits per heavy atom. The molecule has 2 N–H and O–H groups in total. The van der Waals surface area contributed by atoms with Gasteiger partial charge in [0, 0.05) is 13.2 Å². The molecule has 3 nitrogen and oxygen atoms in total. The lowest BCUT2D eigenvalue weighted by Crippen LogP contribution is -2.25. The molecule has 80 valence electrons. The van der Waals surface area contributed by atoms with Crippen molar-refractivity contribution in [2.75, 3.05) is 39.9 Å². The second kappa shape index (κ2) is 9.96. The van der Waals surface area contributed by atoms with E-state index in [0.29, 0.717) is 0 Å². The minimum absolute atomic E-state index is 0.779. The maximum absolute atomic E-state index is 5.45. The number of nitrogens with two attached hydrogens (primary N) is 1. The number of hydrogen-bond donors (Lipinski definition) is 1. The summed E-state index contributed by atoms with van der Waals surface area (Å²) in [5.74, 6) is 0. The molecule has 0 bridgehead atoms. The van der Waals surface area contributed by atoms with Gasteiger partial charge in [0.05, 0.1) is 6.61 Å². The summed E-state index contributed by atoms with van der Waals surface area (Å²) in [5, 5.41) is 0. The molecule has 0 aliphatic heterocycles. The Morgan fingerprint density at radius 1 is 1.15 bits per heavy atom. The standard InChI is InChI=1S/C10H24N2O/c1-3-4-9-13-10-8-12(2)7-5-6-11/h3-11H2,1-2H3. The van der Waals surface area contributed by atoms with Gasteiger partial charge in [0.2, 0.25) is 0 Å². The van der Waals surface area contributed by atoms with Crippen molar-refractivity contribution < 1.29 is 4.74 Å². The lowest BCUT2D eigenvalue weighted by Gasteiger charge is -2.15. The summed E-state index contributed by atoms with van der Waals surface area (Å²) in [7, 11) is 2.11. The number of ether oxygens (including phenoxy) is 1. The van der Waals surface area contributed by atoms with E-state index in [9.17, 15) is 0 Å². The van der Waals surface area contributed by atoms with Crippen LogP contribution in [0.4, 0.5) is 0 Å². The molecule has 0 saturated carbocycles. The first-order valence-corrected chi connectivity index (χ1v) is 5.27. The highest BCUT2D eigenvalue weighted by Crippen LogP contribution is 1.90. The van der Waals surface area contributed by atoms with Crippen LogP contribution in [0.1, 0.15) is 26.2 Å².